The highest BCUT2D eigenvalue weighted by Crippen LogP contribution is 2.46. The van der Waals surface area contributed by atoms with Crippen LogP contribution in [0.3, 0.4) is 0 Å². The second-order valence-electron chi connectivity index (χ2n) is 5.28. The van der Waals surface area contributed by atoms with E-state index in [4.69, 9.17) is 0 Å². The van der Waals surface area contributed by atoms with Crippen molar-refractivity contribution in [1.29, 1.82) is 0 Å². The fraction of sp³-hybridized carbons (Fsp3) is 0.200. The fourth-order valence-electron chi connectivity index (χ4n) is 2.43. The van der Waals surface area contributed by atoms with Crippen LogP contribution in [0.5, 0.6) is 0 Å². The van der Waals surface area contributed by atoms with E-state index in [1.165, 1.54) is 12.1 Å². The molecule has 0 amide bonds. The Labute approximate surface area is 138 Å². The van der Waals surface area contributed by atoms with Gasteiger partial charge in [0.05, 0.1) is 6.54 Å². The summed E-state index contributed by atoms with van der Waals surface area (Å²) < 4.78 is 58.4. The summed E-state index contributed by atoms with van der Waals surface area (Å²) in [6.45, 7) is -0.883. The molecule has 0 saturated carbocycles. The zero-order chi connectivity index (χ0) is 18.1. The summed E-state index contributed by atoms with van der Waals surface area (Å²) >= 11 is 0. The van der Waals surface area contributed by atoms with Gasteiger partial charge in [-0.25, -0.2) is 13.5 Å². The molecule has 0 aliphatic rings. The van der Waals surface area contributed by atoms with E-state index in [0.717, 1.165) is 35.4 Å². The molecule has 6 nitrogen and oxygen atoms in total. The highest BCUT2D eigenvalue weighted by atomic mass is 19.3. The van der Waals surface area contributed by atoms with Gasteiger partial charge in [-0.1, -0.05) is 6.07 Å². The molecule has 25 heavy (non-hydrogen) atoms. The predicted octanol–water partition coefficient (Wildman–Crippen LogP) is 2.03. The van der Waals surface area contributed by atoms with Gasteiger partial charge in [-0.3, -0.25) is 4.98 Å². The first-order chi connectivity index (χ1) is 11.8. The highest BCUT2D eigenvalue weighted by Gasteiger charge is 2.57. The molecule has 0 bridgehead atoms. The Hall–Kier alpha value is -2.88. The molecule has 1 N–H and O–H groups in total. The maximum atomic E-state index is 15.1. The van der Waals surface area contributed by atoms with Crippen LogP contribution >= 0.6 is 0 Å². The summed E-state index contributed by atoms with van der Waals surface area (Å²) in [5, 5.41) is 20.9. The van der Waals surface area contributed by atoms with Crippen molar-refractivity contribution in [2.75, 3.05) is 0 Å². The van der Waals surface area contributed by atoms with E-state index < -0.39 is 41.0 Å². The first kappa shape index (κ1) is 17.0. The van der Waals surface area contributed by atoms with Gasteiger partial charge in [-0.15, -0.1) is 5.10 Å². The minimum atomic E-state index is -4.03. The predicted molar refractivity (Wildman–Crippen MR) is 76.2 cm³/mol. The quantitative estimate of drug-likeness (QED) is 0.710. The van der Waals surface area contributed by atoms with Crippen molar-refractivity contribution < 1.29 is 22.7 Å². The topological polar surface area (TPSA) is 76.7 Å². The molecule has 2 heterocycles. The summed E-state index contributed by atoms with van der Waals surface area (Å²) in [5.74, 6) is -6.32. The first-order valence-electron chi connectivity index (χ1n) is 7.02. The molecule has 0 fully saturated rings. The van der Waals surface area contributed by atoms with Gasteiger partial charge >= 0.3 is 5.92 Å². The number of nitrogens with zero attached hydrogens (tertiary/aromatic N) is 5. The summed E-state index contributed by atoms with van der Waals surface area (Å²) in [5.41, 5.74) is -4.71. The van der Waals surface area contributed by atoms with Crippen molar-refractivity contribution in [2.24, 2.45) is 0 Å². The maximum absolute atomic E-state index is 15.1. The summed E-state index contributed by atoms with van der Waals surface area (Å²) in [6.07, 6.45) is 2.10. The molecule has 0 spiro atoms. The minimum absolute atomic E-state index is 0.411. The van der Waals surface area contributed by atoms with Crippen LogP contribution < -0.4 is 0 Å². The second-order valence-corrected chi connectivity index (χ2v) is 5.28. The largest absolute Gasteiger partial charge is 0.377 e. The molecule has 0 aliphatic heterocycles. The third kappa shape index (κ3) is 2.95. The van der Waals surface area contributed by atoms with Gasteiger partial charge in [-0.05, 0) is 34.7 Å². The van der Waals surface area contributed by atoms with E-state index in [2.05, 4.69) is 20.5 Å². The SMILES string of the molecule is OC(Cn1cnnn1)(c1ccc(F)cc1F)C(F)(F)c1ccccn1. The van der Waals surface area contributed by atoms with E-state index in [0.29, 0.717) is 6.07 Å². The summed E-state index contributed by atoms with van der Waals surface area (Å²) in [7, 11) is 0. The van der Waals surface area contributed by atoms with Crippen molar-refractivity contribution in [3.63, 3.8) is 0 Å². The van der Waals surface area contributed by atoms with Crippen molar-refractivity contribution in [1.82, 2.24) is 25.2 Å². The lowest BCUT2D eigenvalue weighted by atomic mass is 9.84. The van der Waals surface area contributed by atoms with E-state index in [1.54, 1.807) is 0 Å². The molecule has 10 heteroatoms. The molecule has 1 aromatic carbocycles. The number of aromatic nitrogens is 5. The molecule has 2 aromatic heterocycles. The maximum Gasteiger partial charge on any atom is 0.323 e. The number of benzene rings is 1. The Kier molecular flexibility index (Phi) is 4.21. The number of aliphatic hydroxyl groups is 1. The molecular weight excluding hydrogens is 342 g/mol. The van der Waals surface area contributed by atoms with Crippen molar-refractivity contribution in [2.45, 2.75) is 18.1 Å². The monoisotopic (exact) mass is 353 g/mol. The van der Waals surface area contributed by atoms with Crippen molar-refractivity contribution >= 4 is 0 Å². The van der Waals surface area contributed by atoms with Crippen LogP contribution in [0.4, 0.5) is 17.6 Å². The van der Waals surface area contributed by atoms with Gasteiger partial charge in [0.15, 0.2) is 5.60 Å². The zero-order valence-electron chi connectivity index (χ0n) is 12.5. The average molecular weight is 353 g/mol. The van der Waals surface area contributed by atoms with Crippen molar-refractivity contribution in [3.8, 4) is 0 Å². The Morgan fingerprint density at radius 2 is 1.92 bits per heavy atom. The van der Waals surface area contributed by atoms with Crippen LogP contribution in [0.1, 0.15) is 11.3 Å². The molecule has 0 aliphatic carbocycles. The molecule has 3 aromatic rings. The lowest BCUT2D eigenvalue weighted by Gasteiger charge is -2.35. The fourth-order valence-corrected chi connectivity index (χ4v) is 2.43. The molecule has 1 atom stereocenters. The lowest BCUT2D eigenvalue weighted by Crippen LogP contribution is -2.48. The molecule has 130 valence electrons. The summed E-state index contributed by atoms with van der Waals surface area (Å²) in [6, 6.07) is 5.65. The minimum Gasteiger partial charge on any atom is -0.377 e. The van der Waals surface area contributed by atoms with Gasteiger partial charge in [0, 0.05) is 17.8 Å². The van der Waals surface area contributed by atoms with Gasteiger partial charge in [0.25, 0.3) is 0 Å². The Morgan fingerprint density at radius 3 is 2.52 bits per heavy atom. The van der Waals surface area contributed by atoms with E-state index in [1.807, 2.05) is 0 Å². The van der Waals surface area contributed by atoms with Crippen LogP contribution in [0, 0.1) is 11.6 Å². The Bertz CT molecular complexity index is 860. The number of halogens is 4. The second kappa shape index (κ2) is 6.20. The van der Waals surface area contributed by atoms with Crippen LogP contribution in [-0.4, -0.2) is 30.3 Å². The van der Waals surface area contributed by atoms with E-state index in [-0.39, 0.29) is 0 Å². The number of rotatable bonds is 5. The number of tetrazole rings is 1. The zero-order valence-corrected chi connectivity index (χ0v) is 12.5. The highest BCUT2D eigenvalue weighted by molar-refractivity contribution is 5.30. The molecule has 0 saturated heterocycles. The smallest absolute Gasteiger partial charge is 0.323 e. The Morgan fingerprint density at radius 1 is 1.12 bits per heavy atom. The van der Waals surface area contributed by atoms with Crippen molar-refractivity contribution in [3.05, 3.63) is 71.8 Å². The van der Waals surface area contributed by atoms with E-state index in [9.17, 15) is 13.9 Å². The number of hydrogen-bond donors (Lipinski definition) is 1. The normalized spacial score (nSPS) is 14.3. The van der Waals surface area contributed by atoms with Crippen LogP contribution in [0.2, 0.25) is 0 Å². The number of pyridine rings is 1. The first-order valence-corrected chi connectivity index (χ1v) is 7.02. The average Bonchev–Trinajstić information content (AvgIpc) is 3.08. The van der Waals surface area contributed by atoms with Gasteiger partial charge in [-0.2, -0.15) is 8.78 Å². The molecule has 3 rings (SSSR count). The number of alkyl halides is 2. The standard InChI is InChI=1S/C15H11F4N5O/c16-10-4-5-11(12(17)7-10)14(25,8-24-9-21-22-23-24)15(18,19)13-3-1-2-6-20-13/h1-7,9,25H,8H2. The van der Waals surface area contributed by atoms with E-state index >= 15 is 8.78 Å². The van der Waals surface area contributed by atoms with Gasteiger partial charge < -0.3 is 5.11 Å². The molecule has 1 unspecified atom stereocenters. The van der Waals surface area contributed by atoms with Gasteiger partial charge in [0.2, 0.25) is 0 Å². The molecule has 0 radical (unpaired) electrons. The lowest BCUT2D eigenvalue weighted by molar-refractivity contribution is -0.207. The van der Waals surface area contributed by atoms with Crippen LogP contribution in [-0.2, 0) is 18.1 Å². The third-order valence-electron chi connectivity index (χ3n) is 3.66. The Balaban J connectivity index is 2.18. The third-order valence-corrected chi connectivity index (χ3v) is 3.66. The van der Waals surface area contributed by atoms with Crippen LogP contribution in [0.25, 0.3) is 0 Å². The van der Waals surface area contributed by atoms with Gasteiger partial charge in [0.1, 0.15) is 23.7 Å². The molecular formula is C15H11F4N5O. The van der Waals surface area contributed by atoms with Crippen LogP contribution in [0.15, 0.2) is 48.9 Å². The number of hydrogen-bond acceptors (Lipinski definition) is 5. The summed E-state index contributed by atoms with van der Waals surface area (Å²) in [4.78, 5) is 3.55.